The van der Waals surface area contributed by atoms with Gasteiger partial charge in [-0.15, -0.1) is 0 Å². The summed E-state index contributed by atoms with van der Waals surface area (Å²) >= 11 is 12.1. The van der Waals surface area contributed by atoms with Gasteiger partial charge in [-0.1, -0.05) is 53.5 Å². The van der Waals surface area contributed by atoms with Crippen LogP contribution in [-0.2, 0) is 21.2 Å². The van der Waals surface area contributed by atoms with Crippen molar-refractivity contribution in [1.29, 1.82) is 0 Å². The summed E-state index contributed by atoms with van der Waals surface area (Å²) in [6.45, 7) is 1.31. The fourth-order valence-corrected chi connectivity index (χ4v) is 4.52. The molecule has 8 heteroatoms. The van der Waals surface area contributed by atoms with Crippen molar-refractivity contribution in [3.05, 3.63) is 63.6 Å². The summed E-state index contributed by atoms with van der Waals surface area (Å²) < 4.78 is 27.0. The minimum absolute atomic E-state index is 0.0432. The first-order valence-corrected chi connectivity index (χ1v) is 9.70. The Morgan fingerprint density at radius 1 is 1.12 bits per heavy atom. The van der Waals surface area contributed by atoms with Crippen molar-refractivity contribution < 1.29 is 13.2 Å². The van der Waals surface area contributed by atoms with E-state index in [0.29, 0.717) is 17.0 Å². The monoisotopic (exact) mass is 400 g/mol. The highest BCUT2D eigenvalue weighted by Crippen LogP contribution is 2.32. The summed E-state index contributed by atoms with van der Waals surface area (Å²) in [7, 11) is -3.99. The molecule has 0 heterocycles. The van der Waals surface area contributed by atoms with E-state index in [1.54, 1.807) is 6.92 Å². The molecule has 0 radical (unpaired) electrons. The predicted octanol–water partition coefficient (Wildman–Crippen LogP) is 3.02. The van der Waals surface area contributed by atoms with E-state index in [2.05, 4.69) is 0 Å². The minimum atomic E-state index is -3.99. The summed E-state index contributed by atoms with van der Waals surface area (Å²) in [5, 5.41) is 0.413. The normalized spacial score (nSPS) is 11.7. The molecule has 0 spiro atoms. The quantitative estimate of drug-likeness (QED) is 0.775. The highest BCUT2D eigenvalue weighted by Gasteiger charge is 2.28. The molecule has 2 rings (SSSR count). The summed E-state index contributed by atoms with van der Waals surface area (Å²) in [4.78, 5) is 11.3. The highest BCUT2D eigenvalue weighted by molar-refractivity contribution is 7.89. The minimum Gasteiger partial charge on any atom is -0.369 e. The summed E-state index contributed by atoms with van der Waals surface area (Å²) in [6, 6.07) is 12.2. The second-order valence-electron chi connectivity index (χ2n) is 5.53. The van der Waals surface area contributed by atoms with E-state index < -0.39 is 22.5 Å². The zero-order valence-corrected chi connectivity index (χ0v) is 15.9. The maximum atomic E-state index is 13.0. The van der Waals surface area contributed by atoms with Crippen molar-refractivity contribution in [2.24, 2.45) is 5.73 Å². The van der Waals surface area contributed by atoms with Crippen LogP contribution in [0.25, 0.3) is 0 Å². The molecule has 0 fully saturated rings. The zero-order chi connectivity index (χ0) is 18.6. The summed E-state index contributed by atoms with van der Waals surface area (Å²) in [6.07, 6.45) is 0.442. The SMILES string of the molecule is Cc1c(Cl)ccc(S(=O)(=O)N(CCc2ccccc2)CC(N)=O)c1Cl. The number of halogens is 2. The van der Waals surface area contributed by atoms with E-state index in [4.69, 9.17) is 28.9 Å². The second-order valence-corrected chi connectivity index (χ2v) is 8.22. The van der Waals surface area contributed by atoms with Crippen molar-refractivity contribution in [1.82, 2.24) is 4.31 Å². The number of benzene rings is 2. The Labute approximate surface area is 157 Å². The maximum absolute atomic E-state index is 13.0. The fraction of sp³-hybridized carbons (Fsp3) is 0.235. The van der Waals surface area contributed by atoms with Gasteiger partial charge in [0.05, 0.1) is 11.6 Å². The van der Waals surface area contributed by atoms with Gasteiger partial charge >= 0.3 is 0 Å². The number of nitrogens with zero attached hydrogens (tertiary/aromatic N) is 1. The number of sulfonamides is 1. The van der Waals surface area contributed by atoms with Gasteiger partial charge in [-0.05, 0) is 36.6 Å². The van der Waals surface area contributed by atoms with Gasteiger partial charge in [0.2, 0.25) is 15.9 Å². The number of carbonyl (C=O) groups excluding carboxylic acids is 1. The average Bonchev–Trinajstić information content (AvgIpc) is 2.56. The fourth-order valence-electron chi connectivity index (χ4n) is 2.33. The Hall–Kier alpha value is -1.60. The molecule has 0 aliphatic carbocycles. The maximum Gasteiger partial charge on any atom is 0.245 e. The van der Waals surface area contributed by atoms with Gasteiger partial charge < -0.3 is 5.73 Å². The van der Waals surface area contributed by atoms with Crippen LogP contribution in [0.1, 0.15) is 11.1 Å². The van der Waals surface area contributed by atoms with Crippen molar-refractivity contribution in [3.63, 3.8) is 0 Å². The van der Waals surface area contributed by atoms with E-state index >= 15 is 0 Å². The first kappa shape index (κ1) is 19.7. The number of primary amides is 1. The smallest absolute Gasteiger partial charge is 0.245 e. The van der Waals surface area contributed by atoms with Crippen LogP contribution in [0.2, 0.25) is 10.0 Å². The topological polar surface area (TPSA) is 80.5 Å². The van der Waals surface area contributed by atoms with E-state index in [9.17, 15) is 13.2 Å². The number of carbonyl (C=O) groups is 1. The molecular weight excluding hydrogens is 383 g/mol. The summed E-state index contributed by atoms with van der Waals surface area (Å²) in [5.74, 6) is -0.738. The second kappa shape index (κ2) is 8.19. The van der Waals surface area contributed by atoms with Crippen molar-refractivity contribution in [3.8, 4) is 0 Å². The third kappa shape index (κ3) is 4.73. The van der Waals surface area contributed by atoms with Gasteiger partial charge in [0.15, 0.2) is 0 Å². The Morgan fingerprint density at radius 2 is 1.76 bits per heavy atom. The molecule has 25 heavy (non-hydrogen) atoms. The molecule has 2 aromatic carbocycles. The lowest BCUT2D eigenvalue weighted by Gasteiger charge is -2.22. The number of nitrogens with two attached hydrogens (primary N) is 1. The number of hydrogen-bond donors (Lipinski definition) is 1. The van der Waals surface area contributed by atoms with Crippen LogP contribution in [0, 0.1) is 6.92 Å². The number of hydrogen-bond acceptors (Lipinski definition) is 3. The van der Waals surface area contributed by atoms with Crippen molar-refractivity contribution in [2.75, 3.05) is 13.1 Å². The average molecular weight is 401 g/mol. The van der Waals surface area contributed by atoms with Crippen LogP contribution in [0.15, 0.2) is 47.4 Å². The molecule has 0 saturated heterocycles. The third-order valence-corrected chi connectivity index (χ3v) is 6.62. The summed E-state index contributed by atoms with van der Waals surface area (Å²) in [5.41, 5.74) is 6.64. The molecule has 0 unspecified atom stereocenters. The van der Waals surface area contributed by atoms with Gasteiger partial charge in [-0.25, -0.2) is 8.42 Å². The number of amides is 1. The predicted molar refractivity (Wildman–Crippen MR) is 99.3 cm³/mol. The third-order valence-electron chi connectivity index (χ3n) is 3.73. The van der Waals surface area contributed by atoms with Gasteiger partial charge in [0.25, 0.3) is 0 Å². The first-order valence-electron chi connectivity index (χ1n) is 7.50. The van der Waals surface area contributed by atoms with Gasteiger partial charge in [0, 0.05) is 11.6 Å². The lowest BCUT2D eigenvalue weighted by molar-refractivity contribution is -0.118. The van der Waals surface area contributed by atoms with Crippen LogP contribution in [0.5, 0.6) is 0 Å². The Kier molecular flexibility index (Phi) is 6.46. The molecule has 2 N–H and O–H groups in total. The molecule has 0 atom stereocenters. The van der Waals surface area contributed by atoms with E-state index in [-0.39, 0.29) is 16.5 Å². The Morgan fingerprint density at radius 3 is 2.36 bits per heavy atom. The van der Waals surface area contributed by atoms with Crippen LogP contribution >= 0.6 is 23.2 Å². The van der Waals surface area contributed by atoms with Gasteiger partial charge in [-0.2, -0.15) is 4.31 Å². The van der Waals surface area contributed by atoms with E-state index in [1.807, 2.05) is 30.3 Å². The van der Waals surface area contributed by atoms with Crippen LogP contribution in [-0.4, -0.2) is 31.7 Å². The molecule has 5 nitrogen and oxygen atoms in total. The molecular formula is C17H18Cl2N2O3S. The number of rotatable bonds is 7. The molecule has 2 aromatic rings. The van der Waals surface area contributed by atoms with Gasteiger partial charge in [0.1, 0.15) is 4.90 Å². The van der Waals surface area contributed by atoms with Crippen molar-refractivity contribution >= 4 is 39.1 Å². The standard InChI is InChI=1S/C17H18Cl2N2O3S/c1-12-14(18)7-8-15(17(12)19)25(23,24)21(11-16(20)22)10-9-13-5-3-2-4-6-13/h2-8H,9-11H2,1H3,(H2,20,22). The Bertz CT molecular complexity index is 871. The molecule has 0 aromatic heterocycles. The van der Waals surface area contributed by atoms with Crippen LogP contribution in [0.4, 0.5) is 0 Å². The molecule has 134 valence electrons. The molecule has 0 saturated carbocycles. The molecule has 0 aliphatic rings. The highest BCUT2D eigenvalue weighted by atomic mass is 35.5. The van der Waals surface area contributed by atoms with Crippen molar-refractivity contribution in [2.45, 2.75) is 18.2 Å². The molecule has 0 bridgehead atoms. The lowest BCUT2D eigenvalue weighted by Crippen LogP contribution is -2.39. The van der Waals surface area contributed by atoms with Crippen LogP contribution < -0.4 is 5.73 Å². The first-order chi connectivity index (χ1) is 11.7. The molecule has 0 aliphatic heterocycles. The van der Waals surface area contributed by atoms with Crippen LogP contribution in [0.3, 0.4) is 0 Å². The van der Waals surface area contributed by atoms with Gasteiger partial charge in [-0.3, -0.25) is 4.79 Å². The lowest BCUT2D eigenvalue weighted by atomic mass is 10.1. The largest absolute Gasteiger partial charge is 0.369 e. The zero-order valence-electron chi connectivity index (χ0n) is 13.6. The Balaban J connectivity index is 2.35. The molecule has 1 amide bonds. The van der Waals surface area contributed by atoms with E-state index in [1.165, 1.54) is 12.1 Å². The van der Waals surface area contributed by atoms with E-state index in [0.717, 1.165) is 9.87 Å².